The average Bonchev–Trinajstić information content (AvgIpc) is 3.22. The number of nitrogens with zero attached hydrogens (tertiary/aromatic N) is 2. The average molecular weight is 378 g/mol. The van der Waals surface area contributed by atoms with Crippen molar-refractivity contribution in [3.8, 4) is 11.1 Å². The Morgan fingerprint density at radius 1 is 1.18 bits per heavy atom. The lowest BCUT2D eigenvalue weighted by molar-refractivity contribution is 0.372. The molecule has 1 aliphatic heterocycles. The highest BCUT2D eigenvalue weighted by molar-refractivity contribution is 5.80. The summed E-state index contributed by atoms with van der Waals surface area (Å²) < 4.78 is 20.1. The summed E-state index contributed by atoms with van der Waals surface area (Å²) in [4.78, 5) is 4.37. The van der Waals surface area contributed by atoms with E-state index in [1.54, 1.807) is 6.07 Å². The molecule has 0 spiro atoms. The summed E-state index contributed by atoms with van der Waals surface area (Å²) in [6, 6.07) is 16.8. The molecular formula is C22H23FN4O. The van der Waals surface area contributed by atoms with Gasteiger partial charge in [-0.05, 0) is 23.6 Å². The predicted molar refractivity (Wildman–Crippen MR) is 108 cm³/mol. The first-order valence-corrected chi connectivity index (χ1v) is 9.53. The van der Waals surface area contributed by atoms with Gasteiger partial charge in [-0.25, -0.2) is 4.39 Å². The first-order chi connectivity index (χ1) is 13.7. The maximum absolute atomic E-state index is 14.7. The Bertz CT molecular complexity index is 968. The number of nitrogens with one attached hydrogen (secondary N) is 2. The van der Waals surface area contributed by atoms with Gasteiger partial charge in [0.2, 0.25) is 0 Å². The third-order valence-corrected chi connectivity index (χ3v) is 4.93. The van der Waals surface area contributed by atoms with Crippen LogP contribution in [0.15, 0.2) is 64.1 Å². The Balaban J connectivity index is 1.46. The largest absolute Gasteiger partial charge is 0.359 e. The number of hydrogen-bond donors (Lipinski definition) is 2. The minimum absolute atomic E-state index is 0.0676. The summed E-state index contributed by atoms with van der Waals surface area (Å²) in [5.41, 5.74) is 3.11. The number of aliphatic imine (C=N–C) groups is 1. The van der Waals surface area contributed by atoms with Crippen molar-refractivity contribution in [2.24, 2.45) is 4.99 Å². The SMILES string of the molecule is CC(c1ccc(-c2ccccc2)c(F)c1)c1cc(CNC2=NCCCN2)on1. The first kappa shape index (κ1) is 18.2. The second-order valence-electron chi connectivity index (χ2n) is 6.91. The lowest BCUT2D eigenvalue weighted by Gasteiger charge is -2.14. The van der Waals surface area contributed by atoms with E-state index >= 15 is 0 Å². The molecular weight excluding hydrogens is 355 g/mol. The third kappa shape index (κ3) is 4.06. The number of halogens is 1. The number of guanidine groups is 1. The Kier molecular flexibility index (Phi) is 5.37. The molecule has 144 valence electrons. The molecule has 0 aliphatic carbocycles. The normalized spacial score (nSPS) is 14.9. The molecule has 4 rings (SSSR count). The molecule has 0 radical (unpaired) electrons. The van der Waals surface area contributed by atoms with Crippen molar-refractivity contribution in [1.29, 1.82) is 0 Å². The van der Waals surface area contributed by atoms with E-state index in [4.69, 9.17) is 4.52 Å². The second-order valence-corrected chi connectivity index (χ2v) is 6.91. The van der Waals surface area contributed by atoms with Crippen LogP contribution in [-0.4, -0.2) is 24.2 Å². The molecule has 0 amide bonds. The molecule has 1 unspecified atom stereocenters. The van der Waals surface area contributed by atoms with Gasteiger partial charge in [0.1, 0.15) is 5.82 Å². The van der Waals surface area contributed by atoms with E-state index in [2.05, 4.69) is 20.8 Å². The zero-order valence-corrected chi connectivity index (χ0v) is 15.8. The van der Waals surface area contributed by atoms with Gasteiger partial charge in [-0.1, -0.05) is 54.5 Å². The second kappa shape index (κ2) is 8.25. The summed E-state index contributed by atoms with van der Waals surface area (Å²) in [5, 5.41) is 10.6. The van der Waals surface area contributed by atoms with Crippen molar-refractivity contribution in [2.45, 2.75) is 25.8 Å². The molecule has 2 aromatic carbocycles. The maximum Gasteiger partial charge on any atom is 0.191 e. The summed E-state index contributed by atoms with van der Waals surface area (Å²) >= 11 is 0. The van der Waals surface area contributed by atoms with E-state index in [-0.39, 0.29) is 11.7 Å². The van der Waals surface area contributed by atoms with Crippen LogP contribution in [0.2, 0.25) is 0 Å². The van der Waals surface area contributed by atoms with Gasteiger partial charge in [-0.15, -0.1) is 0 Å². The minimum atomic E-state index is -0.234. The van der Waals surface area contributed by atoms with Gasteiger partial charge in [-0.3, -0.25) is 4.99 Å². The number of benzene rings is 2. The van der Waals surface area contributed by atoms with Crippen molar-refractivity contribution in [3.05, 3.63) is 77.4 Å². The topological polar surface area (TPSA) is 62.5 Å². The van der Waals surface area contributed by atoms with E-state index in [0.29, 0.717) is 12.1 Å². The first-order valence-electron chi connectivity index (χ1n) is 9.53. The molecule has 1 aliphatic rings. The zero-order valence-electron chi connectivity index (χ0n) is 15.8. The molecule has 3 aromatic rings. The fraction of sp³-hybridized carbons (Fsp3) is 0.273. The monoisotopic (exact) mass is 378 g/mol. The zero-order chi connectivity index (χ0) is 19.3. The highest BCUT2D eigenvalue weighted by atomic mass is 19.1. The molecule has 6 heteroatoms. The van der Waals surface area contributed by atoms with Crippen molar-refractivity contribution >= 4 is 5.96 Å². The van der Waals surface area contributed by atoms with Crippen LogP contribution in [0.5, 0.6) is 0 Å². The Morgan fingerprint density at radius 2 is 2.04 bits per heavy atom. The smallest absolute Gasteiger partial charge is 0.191 e. The fourth-order valence-electron chi connectivity index (χ4n) is 3.26. The molecule has 0 fully saturated rings. The molecule has 2 heterocycles. The number of rotatable bonds is 5. The summed E-state index contributed by atoms with van der Waals surface area (Å²) in [5.74, 6) is 1.21. The van der Waals surface area contributed by atoms with Gasteiger partial charge in [0, 0.05) is 30.6 Å². The standard InChI is InChI=1S/C22H23FN4O/c1-15(17-8-9-19(20(23)12-17)16-6-3-2-4-7-16)21-13-18(28-27-21)14-26-22-24-10-5-11-25-22/h2-4,6-9,12-13,15H,5,10-11,14H2,1H3,(H2,24,25,26). The lowest BCUT2D eigenvalue weighted by Crippen LogP contribution is -2.40. The fourth-order valence-corrected chi connectivity index (χ4v) is 3.26. The van der Waals surface area contributed by atoms with Crippen molar-refractivity contribution in [3.63, 3.8) is 0 Å². The van der Waals surface area contributed by atoms with Gasteiger partial charge >= 0.3 is 0 Å². The van der Waals surface area contributed by atoms with Crippen molar-refractivity contribution in [2.75, 3.05) is 13.1 Å². The molecule has 1 aromatic heterocycles. The quantitative estimate of drug-likeness (QED) is 0.703. The molecule has 0 bridgehead atoms. The number of aromatic nitrogens is 1. The van der Waals surface area contributed by atoms with E-state index < -0.39 is 0 Å². The van der Waals surface area contributed by atoms with Crippen LogP contribution in [-0.2, 0) is 6.54 Å². The molecule has 5 nitrogen and oxygen atoms in total. The minimum Gasteiger partial charge on any atom is -0.359 e. The Morgan fingerprint density at radius 3 is 2.79 bits per heavy atom. The molecule has 0 saturated carbocycles. The van der Waals surface area contributed by atoms with E-state index in [9.17, 15) is 4.39 Å². The van der Waals surface area contributed by atoms with Crippen molar-refractivity contribution in [1.82, 2.24) is 15.8 Å². The van der Waals surface area contributed by atoms with E-state index in [0.717, 1.165) is 48.1 Å². The predicted octanol–water partition coefficient (Wildman–Crippen LogP) is 4.07. The molecule has 2 N–H and O–H groups in total. The Hall–Kier alpha value is -3.15. The highest BCUT2D eigenvalue weighted by Crippen LogP contribution is 2.29. The van der Waals surface area contributed by atoms with Gasteiger partial charge in [0.25, 0.3) is 0 Å². The van der Waals surface area contributed by atoms with Crippen LogP contribution in [0, 0.1) is 5.82 Å². The molecule has 1 atom stereocenters. The van der Waals surface area contributed by atoms with Crippen molar-refractivity contribution < 1.29 is 8.91 Å². The van der Waals surface area contributed by atoms with Crippen LogP contribution in [0.1, 0.15) is 36.3 Å². The van der Waals surface area contributed by atoms with Gasteiger partial charge in [-0.2, -0.15) is 0 Å². The third-order valence-electron chi connectivity index (χ3n) is 4.93. The van der Waals surface area contributed by atoms with Gasteiger partial charge in [0.15, 0.2) is 11.7 Å². The van der Waals surface area contributed by atoms with Gasteiger partial charge in [0.05, 0.1) is 12.2 Å². The summed E-state index contributed by atoms with van der Waals surface area (Å²) in [7, 11) is 0. The van der Waals surface area contributed by atoms with Crippen LogP contribution in [0.25, 0.3) is 11.1 Å². The maximum atomic E-state index is 14.7. The number of hydrogen-bond acceptors (Lipinski definition) is 5. The molecule has 0 saturated heterocycles. The van der Waals surface area contributed by atoms with E-state index in [1.807, 2.05) is 55.5 Å². The van der Waals surface area contributed by atoms with E-state index in [1.165, 1.54) is 0 Å². The van der Waals surface area contributed by atoms with Crippen LogP contribution in [0.3, 0.4) is 0 Å². The summed E-state index contributed by atoms with van der Waals surface area (Å²) in [6.45, 7) is 4.26. The van der Waals surface area contributed by atoms with Gasteiger partial charge < -0.3 is 15.2 Å². The summed E-state index contributed by atoms with van der Waals surface area (Å²) in [6.07, 6.45) is 1.05. The van der Waals surface area contributed by atoms with Crippen LogP contribution in [0.4, 0.5) is 4.39 Å². The van der Waals surface area contributed by atoms with Crippen LogP contribution < -0.4 is 10.6 Å². The van der Waals surface area contributed by atoms with Crippen LogP contribution >= 0.6 is 0 Å². The Labute approximate surface area is 163 Å². The lowest BCUT2D eigenvalue weighted by atomic mass is 9.94. The highest BCUT2D eigenvalue weighted by Gasteiger charge is 2.16. The molecule has 28 heavy (non-hydrogen) atoms.